The Morgan fingerprint density at radius 2 is 2.22 bits per heavy atom. The van der Waals surface area contributed by atoms with Crippen molar-refractivity contribution in [2.45, 2.75) is 19.3 Å². The molecule has 0 bridgehead atoms. The lowest BCUT2D eigenvalue weighted by molar-refractivity contribution is -0.118. The van der Waals surface area contributed by atoms with Crippen molar-refractivity contribution >= 4 is 17.7 Å². The van der Waals surface area contributed by atoms with E-state index in [-0.39, 0.29) is 12.3 Å². The Hall–Kier alpha value is -1.88. The predicted octanol–water partition coefficient (Wildman–Crippen LogP) is 1.41. The van der Waals surface area contributed by atoms with Crippen LogP contribution in [0.2, 0.25) is 0 Å². The highest BCUT2D eigenvalue weighted by atomic mass is 16.4. The van der Waals surface area contributed by atoms with Crippen LogP contribution in [0.25, 0.3) is 0 Å². The van der Waals surface area contributed by atoms with Crippen molar-refractivity contribution in [3.05, 3.63) is 29.3 Å². The quantitative estimate of drug-likeness (QED) is 0.848. The molecule has 0 atom stereocenters. The third kappa shape index (κ3) is 2.36. The number of rotatable bonds is 3. The first-order valence-electron chi connectivity index (χ1n) is 5.95. The number of imide groups is 1. The van der Waals surface area contributed by atoms with Crippen LogP contribution in [0, 0.1) is 0 Å². The standard InChI is InChI=1S/C13H16N2O3/c1-14-7-6-9-2-4-11-10(8-9)3-5-12(16)15(11)13(17)18/h2,4,8,14H,3,5-7H2,1H3,(H,17,18). The monoisotopic (exact) mass is 248 g/mol. The van der Waals surface area contributed by atoms with Crippen LogP contribution in [0.3, 0.4) is 0 Å². The van der Waals surface area contributed by atoms with E-state index < -0.39 is 6.09 Å². The summed E-state index contributed by atoms with van der Waals surface area (Å²) in [6, 6.07) is 5.60. The number of hydrogen-bond acceptors (Lipinski definition) is 3. The summed E-state index contributed by atoms with van der Waals surface area (Å²) in [4.78, 5) is 23.5. The lowest BCUT2D eigenvalue weighted by Crippen LogP contribution is -2.39. The Morgan fingerprint density at radius 1 is 1.44 bits per heavy atom. The molecular formula is C13H16N2O3. The van der Waals surface area contributed by atoms with Gasteiger partial charge in [-0.3, -0.25) is 4.79 Å². The van der Waals surface area contributed by atoms with Gasteiger partial charge in [0.1, 0.15) is 0 Å². The molecule has 0 radical (unpaired) electrons. The number of nitrogens with zero attached hydrogens (tertiary/aromatic N) is 1. The molecule has 2 rings (SSSR count). The number of aryl methyl sites for hydroxylation is 1. The number of carbonyl (C=O) groups is 2. The van der Waals surface area contributed by atoms with Gasteiger partial charge in [-0.1, -0.05) is 12.1 Å². The minimum absolute atomic E-state index is 0.259. The summed E-state index contributed by atoms with van der Waals surface area (Å²) < 4.78 is 0. The van der Waals surface area contributed by atoms with Crippen molar-refractivity contribution in [1.82, 2.24) is 5.32 Å². The smallest absolute Gasteiger partial charge is 0.418 e. The van der Waals surface area contributed by atoms with Crippen LogP contribution in [0.5, 0.6) is 0 Å². The van der Waals surface area contributed by atoms with Crippen LogP contribution in [-0.4, -0.2) is 30.7 Å². The fourth-order valence-corrected chi connectivity index (χ4v) is 2.18. The number of likely N-dealkylation sites (N-methyl/N-ethyl adjacent to an activating group) is 1. The van der Waals surface area contributed by atoms with E-state index in [9.17, 15) is 9.59 Å². The largest absolute Gasteiger partial charge is 0.464 e. The van der Waals surface area contributed by atoms with E-state index >= 15 is 0 Å². The first-order valence-corrected chi connectivity index (χ1v) is 5.95. The molecular weight excluding hydrogens is 232 g/mol. The second kappa shape index (κ2) is 5.18. The second-order valence-electron chi connectivity index (χ2n) is 4.33. The van der Waals surface area contributed by atoms with Crippen LogP contribution in [0.4, 0.5) is 10.5 Å². The first kappa shape index (κ1) is 12.6. The molecule has 1 aromatic carbocycles. The van der Waals surface area contributed by atoms with Crippen LogP contribution >= 0.6 is 0 Å². The van der Waals surface area contributed by atoms with Gasteiger partial charge in [0.05, 0.1) is 5.69 Å². The van der Waals surface area contributed by atoms with E-state index in [4.69, 9.17) is 5.11 Å². The second-order valence-corrected chi connectivity index (χ2v) is 4.33. The maximum atomic E-state index is 11.6. The fourth-order valence-electron chi connectivity index (χ4n) is 2.18. The van der Waals surface area contributed by atoms with E-state index in [0.29, 0.717) is 12.1 Å². The molecule has 0 saturated heterocycles. The number of nitrogens with one attached hydrogen (secondary N) is 1. The summed E-state index contributed by atoms with van der Waals surface area (Å²) in [5.74, 6) is -0.349. The summed E-state index contributed by atoms with van der Waals surface area (Å²) in [7, 11) is 1.89. The number of benzene rings is 1. The molecule has 0 saturated carbocycles. The molecule has 5 heteroatoms. The minimum atomic E-state index is -1.20. The van der Waals surface area contributed by atoms with Gasteiger partial charge in [0, 0.05) is 6.42 Å². The van der Waals surface area contributed by atoms with Crippen LogP contribution in [-0.2, 0) is 17.6 Å². The summed E-state index contributed by atoms with van der Waals surface area (Å²) in [5, 5.41) is 12.1. The average molecular weight is 248 g/mol. The molecule has 1 aromatic rings. The van der Waals surface area contributed by atoms with Crippen LogP contribution < -0.4 is 10.2 Å². The number of anilines is 1. The SMILES string of the molecule is CNCCc1ccc2c(c1)CCC(=O)N2C(=O)O. The molecule has 2 amide bonds. The van der Waals surface area contributed by atoms with E-state index in [0.717, 1.165) is 29.0 Å². The highest BCUT2D eigenvalue weighted by molar-refractivity contribution is 6.13. The lowest BCUT2D eigenvalue weighted by atomic mass is 9.98. The highest BCUT2D eigenvalue weighted by Gasteiger charge is 2.29. The molecule has 96 valence electrons. The summed E-state index contributed by atoms with van der Waals surface area (Å²) in [6.07, 6.45) is 0.564. The van der Waals surface area contributed by atoms with Gasteiger partial charge in [0.2, 0.25) is 5.91 Å². The van der Waals surface area contributed by atoms with Gasteiger partial charge in [0.25, 0.3) is 0 Å². The molecule has 0 spiro atoms. The maximum Gasteiger partial charge on any atom is 0.418 e. The average Bonchev–Trinajstić information content (AvgIpc) is 2.35. The normalized spacial score (nSPS) is 14.5. The molecule has 0 unspecified atom stereocenters. The zero-order chi connectivity index (χ0) is 13.1. The van der Waals surface area contributed by atoms with Crippen molar-refractivity contribution in [3.8, 4) is 0 Å². The Morgan fingerprint density at radius 3 is 2.89 bits per heavy atom. The highest BCUT2D eigenvalue weighted by Crippen LogP contribution is 2.28. The summed E-state index contributed by atoms with van der Waals surface area (Å²) in [5.41, 5.74) is 2.60. The van der Waals surface area contributed by atoms with Gasteiger partial charge in [-0.15, -0.1) is 0 Å². The van der Waals surface area contributed by atoms with Gasteiger partial charge < -0.3 is 10.4 Å². The van der Waals surface area contributed by atoms with E-state index in [1.165, 1.54) is 0 Å². The Labute approximate surface area is 105 Å². The van der Waals surface area contributed by atoms with Gasteiger partial charge in [-0.2, -0.15) is 0 Å². The van der Waals surface area contributed by atoms with Crippen LogP contribution in [0.1, 0.15) is 17.5 Å². The third-order valence-corrected chi connectivity index (χ3v) is 3.10. The van der Waals surface area contributed by atoms with E-state index in [2.05, 4.69) is 5.32 Å². The summed E-state index contributed by atoms with van der Waals surface area (Å²) in [6.45, 7) is 0.875. The lowest BCUT2D eigenvalue weighted by Gasteiger charge is -2.25. The number of carboxylic acid groups (broad SMARTS) is 1. The van der Waals surface area contributed by atoms with E-state index in [1.54, 1.807) is 6.07 Å². The Balaban J connectivity index is 2.31. The topological polar surface area (TPSA) is 69.6 Å². The first-order chi connectivity index (χ1) is 8.63. The fraction of sp³-hybridized carbons (Fsp3) is 0.385. The van der Waals surface area contributed by atoms with Crippen molar-refractivity contribution in [1.29, 1.82) is 0 Å². The Kier molecular flexibility index (Phi) is 3.62. The maximum absolute atomic E-state index is 11.6. The predicted molar refractivity (Wildman–Crippen MR) is 67.9 cm³/mol. The van der Waals surface area contributed by atoms with Crippen molar-refractivity contribution in [2.24, 2.45) is 0 Å². The molecule has 0 aromatic heterocycles. The molecule has 1 aliphatic heterocycles. The molecule has 0 fully saturated rings. The van der Waals surface area contributed by atoms with Crippen molar-refractivity contribution in [2.75, 3.05) is 18.5 Å². The number of carbonyl (C=O) groups excluding carboxylic acids is 1. The zero-order valence-electron chi connectivity index (χ0n) is 10.3. The van der Waals surface area contributed by atoms with Crippen molar-refractivity contribution < 1.29 is 14.7 Å². The Bertz CT molecular complexity index is 485. The van der Waals surface area contributed by atoms with Gasteiger partial charge in [-0.05, 0) is 43.6 Å². The van der Waals surface area contributed by atoms with Crippen LogP contribution in [0.15, 0.2) is 18.2 Å². The number of hydrogen-bond donors (Lipinski definition) is 2. The number of amides is 2. The van der Waals surface area contributed by atoms with Gasteiger partial charge >= 0.3 is 6.09 Å². The van der Waals surface area contributed by atoms with Gasteiger partial charge in [-0.25, -0.2) is 9.69 Å². The zero-order valence-corrected chi connectivity index (χ0v) is 10.3. The molecule has 5 nitrogen and oxygen atoms in total. The summed E-state index contributed by atoms with van der Waals surface area (Å²) >= 11 is 0. The van der Waals surface area contributed by atoms with Gasteiger partial charge in [0.15, 0.2) is 0 Å². The van der Waals surface area contributed by atoms with Crippen molar-refractivity contribution in [3.63, 3.8) is 0 Å². The molecule has 1 aliphatic rings. The molecule has 1 heterocycles. The third-order valence-electron chi connectivity index (χ3n) is 3.10. The molecule has 2 N–H and O–H groups in total. The molecule has 0 aliphatic carbocycles. The number of fused-ring (bicyclic) bond motifs is 1. The minimum Gasteiger partial charge on any atom is -0.464 e. The molecule has 18 heavy (non-hydrogen) atoms. The van der Waals surface area contributed by atoms with E-state index in [1.807, 2.05) is 19.2 Å².